The molecule has 5 rings (SSSR count). The lowest BCUT2D eigenvalue weighted by atomic mass is 9.69. The molecule has 0 spiro atoms. The quantitative estimate of drug-likeness (QED) is 0.593. The third-order valence-electron chi connectivity index (χ3n) is 6.14. The summed E-state index contributed by atoms with van der Waals surface area (Å²) >= 11 is 1.71. The molecule has 0 saturated carbocycles. The van der Waals surface area contributed by atoms with Gasteiger partial charge in [0.25, 0.3) is 5.56 Å². The zero-order chi connectivity index (χ0) is 18.6. The van der Waals surface area contributed by atoms with Gasteiger partial charge in [0.2, 0.25) is 0 Å². The van der Waals surface area contributed by atoms with Crippen LogP contribution in [-0.4, -0.2) is 9.55 Å². The van der Waals surface area contributed by atoms with Gasteiger partial charge in [-0.25, -0.2) is 4.98 Å². The van der Waals surface area contributed by atoms with Gasteiger partial charge in [0, 0.05) is 17.5 Å². The fourth-order valence-corrected chi connectivity index (χ4v) is 5.61. The molecule has 3 aromatic rings. The number of benzene rings is 2. The summed E-state index contributed by atoms with van der Waals surface area (Å²) < 4.78 is 1.91. The van der Waals surface area contributed by atoms with Crippen LogP contribution < -0.4 is 5.56 Å². The van der Waals surface area contributed by atoms with Crippen molar-refractivity contribution in [3.05, 3.63) is 81.6 Å². The van der Waals surface area contributed by atoms with E-state index in [0.717, 1.165) is 34.8 Å². The van der Waals surface area contributed by atoms with Crippen LogP contribution in [-0.2, 0) is 18.4 Å². The van der Waals surface area contributed by atoms with Crippen molar-refractivity contribution in [1.29, 1.82) is 0 Å². The van der Waals surface area contributed by atoms with E-state index in [1.165, 1.54) is 11.1 Å². The highest BCUT2D eigenvalue weighted by atomic mass is 32.2. The minimum atomic E-state index is -0.161. The number of aromatic nitrogens is 2. The second-order valence-electron chi connectivity index (χ2n) is 7.80. The molecule has 27 heavy (non-hydrogen) atoms. The first-order valence-electron chi connectivity index (χ1n) is 9.56. The number of fused-ring (bicyclic) bond motifs is 4. The second-order valence-corrected chi connectivity index (χ2v) is 8.97. The molecule has 0 N–H and O–H groups in total. The third kappa shape index (κ3) is 2.50. The van der Waals surface area contributed by atoms with Crippen LogP contribution in [0.3, 0.4) is 0 Å². The summed E-state index contributed by atoms with van der Waals surface area (Å²) in [6, 6.07) is 18.8. The normalized spacial score (nSPS) is 22.8. The lowest BCUT2D eigenvalue weighted by molar-refractivity contribution is 0.429. The molecular weight excluding hydrogens is 352 g/mol. The number of hydrogen-bond acceptors (Lipinski definition) is 3. The van der Waals surface area contributed by atoms with Crippen LogP contribution in [0.2, 0.25) is 0 Å². The summed E-state index contributed by atoms with van der Waals surface area (Å²) in [6.45, 7) is 5.09. The van der Waals surface area contributed by atoms with Gasteiger partial charge in [-0.3, -0.25) is 9.36 Å². The van der Waals surface area contributed by atoms with Gasteiger partial charge in [-0.15, -0.1) is 0 Å². The molecule has 1 aromatic heterocycles. The fraction of sp³-hybridized carbons (Fsp3) is 0.304. The molecule has 136 valence electrons. The van der Waals surface area contributed by atoms with E-state index >= 15 is 0 Å². The summed E-state index contributed by atoms with van der Waals surface area (Å²) in [7, 11) is 0. The average molecular weight is 375 g/mol. The van der Waals surface area contributed by atoms with E-state index in [1.807, 2.05) is 16.7 Å². The Hall–Kier alpha value is -2.33. The van der Waals surface area contributed by atoms with Gasteiger partial charge in [0.05, 0.1) is 16.5 Å². The Morgan fingerprint density at radius 3 is 2.67 bits per heavy atom. The van der Waals surface area contributed by atoms with Crippen LogP contribution in [0.25, 0.3) is 11.3 Å². The van der Waals surface area contributed by atoms with E-state index in [0.29, 0.717) is 6.54 Å². The largest absolute Gasteiger partial charge is 0.286 e. The van der Waals surface area contributed by atoms with Crippen LogP contribution in [0, 0.1) is 0 Å². The number of hydrogen-bond donors (Lipinski definition) is 0. The first kappa shape index (κ1) is 16.8. The molecule has 4 heteroatoms. The molecule has 0 radical (unpaired) electrons. The fourth-order valence-electron chi connectivity index (χ4n) is 4.41. The molecule has 2 aliphatic rings. The maximum absolute atomic E-state index is 13.6. The summed E-state index contributed by atoms with van der Waals surface area (Å²) in [5.41, 5.74) is 5.48. The van der Waals surface area contributed by atoms with E-state index in [4.69, 9.17) is 4.98 Å². The van der Waals surface area contributed by atoms with Crippen LogP contribution >= 0.6 is 11.8 Å². The molecule has 2 heterocycles. The van der Waals surface area contributed by atoms with E-state index in [-0.39, 0.29) is 16.2 Å². The summed E-state index contributed by atoms with van der Waals surface area (Å²) in [4.78, 5) is 18.6. The van der Waals surface area contributed by atoms with E-state index in [9.17, 15) is 4.79 Å². The molecule has 2 atom stereocenters. The van der Waals surface area contributed by atoms with E-state index in [1.54, 1.807) is 11.8 Å². The molecule has 2 aromatic carbocycles. The zero-order valence-corrected chi connectivity index (χ0v) is 16.4. The zero-order valence-electron chi connectivity index (χ0n) is 15.6. The first-order valence-corrected chi connectivity index (χ1v) is 10.4. The smallest absolute Gasteiger partial charge is 0.258 e. The highest BCUT2D eigenvalue weighted by molar-refractivity contribution is 7.99. The predicted octanol–water partition coefficient (Wildman–Crippen LogP) is 4.98. The van der Waals surface area contributed by atoms with Crippen LogP contribution in [0.15, 0.2) is 64.5 Å². The molecule has 1 aliphatic heterocycles. The standard InChI is InChI=1S/C23H22N2OS/c1-3-23(2)13-16-11-7-8-12-17(16)20-19(23)21(26)25-14-18(27-22(25)24-20)15-9-5-4-6-10-15/h4-12,18H,3,13-14H2,1-2H3. The van der Waals surface area contributed by atoms with E-state index in [2.05, 4.69) is 56.3 Å². The molecule has 2 unspecified atom stereocenters. The van der Waals surface area contributed by atoms with Crippen molar-refractivity contribution in [1.82, 2.24) is 9.55 Å². The number of rotatable bonds is 2. The van der Waals surface area contributed by atoms with Crippen molar-refractivity contribution in [3.63, 3.8) is 0 Å². The highest BCUT2D eigenvalue weighted by Gasteiger charge is 2.39. The summed E-state index contributed by atoms with van der Waals surface area (Å²) in [6.07, 6.45) is 1.83. The van der Waals surface area contributed by atoms with Gasteiger partial charge in [0.1, 0.15) is 0 Å². The Bertz CT molecular complexity index is 1090. The monoisotopic (exact) mass is 374 g/mol. The molecule has 0 amide bonds. The van der Waals surface area contributed by atoms with Crippen molar-refractivity contribution in [2.45, 2.75) is 49.1 Å². The molecular formula is C23H22N2OS. The third-order valence-corrected chi connectivity index (χ3v) is 7.37. The van der Waals surface area contributed by atoms with Gasteiger partial charge in [-0.05, 0) is 24.0 Å². The van der Waals surface area contributed by atoms with Crippen LogP contribution in [0.4, 0.5) is 0 Å². The topological polar surface area (TPSA) is 34.9 Å². The molecule has 0 saturated heterocycles. The minimum absolute atomic E-state index is 0.153. The Labute approximate surface area is 163 Å². The van der Waals surface area contributed by atoms with Crippen LogP contribution in [0.1, 0.15) is 42.2 Å². The number of nitrogens with zero attached hydrogens (tertiary/aromatic N) is 2. The van der Waals surface area contributed by atoms with E-state index < -0.39 is 0 Å². The Kier molecular flexibility index (Phi) is 3.80. The van der Waals surface area contributed by atoms with Crippen LogP contribution in [0.5, 0.6) is 0 Å². The van der Waals surface area contributed by atoms with Gasteiger partial charge < -0.3 is 0 Å². The molecule has 0 bridgehead atoms. The maximum Gasteiger partial charge on any atom is 0.258 e. The van der Waals surface area contributed by atoms with Gasteiger partial charge in [-0.1, -0.05) is 80.2 Å². The van der Waals surface area contributed by atoms with Crippen molar-refractivity contribution in [2.24, 2.45) is 0 Å². The lowest BCUT2D eigenvalue weighted by Crippen LogP contribution is -2.39. The molecule has 1 aliphatic carbocycles. The Morgan fingerprint density at radius 1 is 1.15 bits per heavy atom. The van der Waals surface area contributed by atoms with Gasteiger partial charge >= 0.3 is 0 Å². The molecule has 0 fully saturated rings. The van der Waals surface area contributed by atoms with Crippen molar-refractivity contribution in [3.8, 4) is 11.3 Å². The van der Waals surface area contributed by atoms with Crippen molar-refractivity contribution < 1.29 is 0 Å². The van der Waals surface area contributed by atoms with Gasteiger partial charge in [-0.2, -0.15) is 0 Å². The summed E-state index contributed by atoms with van der Waals surface area (Å²) in [5, 5.41) is 1.10. The van der Waals surface area contributed by atoms with Gasteiger partial charge in [0.15, 0.2) is 5.16 Å². The van der Waals surface area contributed by atoms with Crippen molar-refractivity contribution >= 4 is 11.8 Å². The van der Waals surface area contributed by atoms with Crippen molar-refractivity contribution in [2.75, 3.05) is 0 Å². The average Bonchev–Trinajstić information content (AvgIpc) is 3.13. The lowest BCUT2D eigenvalue weighted by Gasteiger charge is -2.35. The SMILES string of the molecule is CCC1(C)Cc2ccccc2-c2nc3n(c(=O)c21)CC(c1ccccc1)S3. The number of thioether (sulfide) groups is 1. The second kappa shape index (κ2) is 6.10. The molecule has 3 nitrogen and oxygen atoms in total. The maximum atomic E-state index is 13.6. The highest BCUT2D eigenvalue weighted by Crippen LogP contribution is 2.46. The Balaban J connectivity index is 1.70. The Morgan fingerprint density at radius 2 is 1.89 bits per heavy atom. The first-order chi connectivity index (χ1) is 13.1. The minimum Gasteiger partial charge on any atom is -0.286 e. The predicted molar refractivity (Wildman–Crippen MR) is 110 cm³/mol. The summed E-state index contributed by atoms with van der Waals surface area (Å²) in [5.74, 6) is 0.